The number of likely N-dealkylation sites (tertiary alicyclic amines) is 1. The molecule has 6 heteroatoms. The molecule has 0 aromatic carbocycles. The highest BCUT2D eigenvalue weighted by Crippen LogP contribution is 2.24. The molecule has 30 heavy (non-hydrogen) atoms. The third-order valence-corrected chi connectivity index (χ3v) is 8.75. The predicted octanol–water partition coefficient (Wildman–Crippen LogP) is 4.88. The van der Waals surface area contributed by atoms with E-state index in [1.807, 2.05) is 19.1 Å². The summed E-state index contributed by atoms with van der Waals surface area (Å²) in [7, 11) is -1.69. The Hall–Kier alpha value is -0.950. The molecule has 0 N–H and O–H groups in total. The largest absolute Gasteiger partial charge is 0.381 e. The van der Waals surface area contributed by atoms with Crippen molar-refractivity contribution in [1.82, 2.24) is 9.21 Å². The van der Waals surface area contributed by atoms with E-state index in [0.717, 1.165) is 44.3 Å². The van der Waals surface area contributed by atoms with Gasteiger partial charge in [-0.05, 0) is 57.9 Å². The SMILES string of the molecule is CCC(=CC=C(C)C=C1CCN(C(CC)CC)CC1)S(=O)(=O)N1CCC(OC)CC1. The minimum atomic E-state index is -3.39. The number of methoxy groups -OCH3 is 1. The summed E-state index contributed by atoms with van der Waals surface area (Å²) in [5.41, 5.74) is 2.60. The molecule has 0 amide bonds. The summed E-state index contributed by atoms with van der Waals surface area (Å²) in [5, 5.41) is 0. The molecule has 2 fully saturated rings. The van der Waals surface area contributed by atoms with Crippen LogP contribution in [0.5, 0.6) is 0 Å². The average molecular weight is 439 g/mol. The number of hydrogen-bond donors (Lipinski definition) is 0. The van der Waals surface area contributed by atoms with Crippen molar-refractivity contribution in [2.45, 2.75) is 84.8 Å². The Morgan fingerprint density at radius 3 is 2.17 bits per heavy atom. The molecule has 0 unspecified atom stereocenters. The van der Waals surface area contributed by atoms with E-state index in [4.69, 9.17) is 4.74 Å². The van der Waals surface area contributed by atoms with Gasteiger partial charge in [-0.25, -0.2) is 8.42 Å². The number of ether oxygens (including phenoxy) is 1. The molecule has 0 spiro atoms. The Kier molecular flexibility index (Phi) is 10.3. The molecule has 2 saturated heterocycles. The molecule has 2 aliphatic heterocycles. The van der Waals surface area contributed by atoms with Crippen LogP contribution in [-0.4, -0.2) is 63.1 Å². The Bertz CT molecular complexity index is 718. The van der Waals surface area contributed by atoms with Crippen molar-refractivity contribution >= 4 is 10.0 Å². The molecule has 0 aromatic rings. The molecule has 0 saturated carbocycles. The molecule has 2 rings (SSSR count). The molecule has 0 atom stereocenters. The highest BCUT2D eigenvalue weighted by atomic mass is 32.2. The van der Waals surface area contributed by atoms with Gasteiger partial charge in [-0.2, -0.15) is 4.31 Å². The summed E-state index contributed by atoms with van der Waals surface area (Å²) in [6.07, 6.45) is 12.9. The lowest BCUT2D eigenvalue weighted by molar-refractivity contribution is 0.0606. The molecular weight excluding hydrogens is 396 g/mol. The zero-order valence-corrected chi connectivity index (χ0v) is 20.5. The van der Waals surface area contributed by atoms with Gasteiger partial charge in [-0.15, -0.1) is 0 Å². The van der Waals surface area contributed by atoms with E-state index in [-0.39, 0.29) is 6.10 Å². The van der Waals surface area contributed by atoms with Crippen molar-refractivity contribution in [2.75, 3.05) is 33.3 Å². The first-order chi connectivity index (χ1) is 14.3. The maximum absolute atomic E-state index is 13.0. The fraction of sp³-hybridized carbons (Fsp3) is 0.750. The van der Waals surface area contributed by atoms with Crippen LogP contribution in [0, 0.1) is 0 Å². The van der Waals surface area contributed by atoms with Gasteiger partial charge in [0.05, 0.1) is 11.0 Å². The van der Waals surface area contributed by atoms with Gasteiger partial charge in [0.15, 0.2) is 0 Å². The van der Waals surface area contributed by atoms with Gasteiger partial charge >= 0.3 is 0 Å². The first-order valence-corrected chi connectivity index (χ1v) is 13.1. The van der Waals surface area contributed by atoms with Crippen LogP contribution in [0.15, 0.2) is 34.3 Å². The van der Waals surface area contributed by atoms with Gasteiger partial charge in [0, 0.05) is 39.3 Å². The molecule has 172 valence electrons. The van der Waals surface area contributed by atoms with E-state index < -0.39 is 10.0 Å². The van der Waals surface area contributed by atoms with Crippen molar-refractivity contribution in [3.63, 3.8) is 0 Å². The second kappa shape index (κ2) is 12.2. The van der Waals surface area contributed by atoms with Crippen LogP contribution >= 0.6 is 0 Å². The summed E-state index contributed by atoms with van der Waals surface area (Å²) >= 11 is 0. The van der Waals surface area contributed by atoms with Crippen molar-refractivity contribution in [3.8, 4) is 0 Å². The van der Waals surface area contributed by atoms with Crippen molar-refractivity contribution in [2.24, 2.45) is 0 Å². The quantitative estimate of drug-likeness (QED) is 0.482. The van der Waals surface area contributed by atoms with Gasteiger partial charge in [-0.3, -0.25) is 4.90 Å². The fourth-order valence-electron chi connectivity index (χ4n) is 4.58. The molecule has 2 heterocycles. The van der Waals surface area contributed by atoms with Crippen LogP contribution in [0.3, 0.4) is 0 Å². The van der Waals surface area contributed by atoms with Gasteiger partial charge < -0.3 is 4.74 Å². The van der Waals surface area contributed by atoms with Gasteiger partial charge in [0.1, 0.15) is 0 Å². The van der Waals surface area contributed by atoms with E-state index in [0.29, 0.717) is 30.5 Å². The lowest BCUT2D eigenvalue weighted by atomic mass is 9.98. The highest BCUT2D eigenvalue weighted by molar-refractivity contribution is 7.93. The number of sulfonamides is 1. The smallest absolute Gasteiger partial charge is 0.239 e. The molecule has 2 aliphatic rings. The number of piperidine rings is 2. The zero-order chi connectivity index (χ0) is 22.1. The molecule has 0 bridgehead atoms. The van der Waals surface area contributed by atoms with E-state index in [9.17, 15) is 8.42 Å². The monoisotopic (exact) mass is 438 g/mol. The van der Waals surface area contributed by atoms with Gasteiger partial charge in [-0.1, -0.05) is 44.1 Å². The van der Waals surface area contributed by atoms with Crippen LogP contribution in [0.25, 0.3) is 0 Å². The summed E-state index contributed by atoms with van der Waals surface area (Å²) in [5.74, 6) is 0. The first-order valence-electron chi connectivity index (χ1n) is 11.7. The summed E-state index contributed by atoms with van der Waals surface area (Å²) < 4.78 is 33.1. The van der Waals surface area contributed by atoms with Gasteiger partial charge in [0.2, 0.25) is 10.0 Å². The molecule has 0 radical (unpaired) electrons. The normalized spacial score (nSPS) is 21.5. The second-order valence-electron chi connectivity index (χ2n) is 8.55. The third kappa shape index (κ3) is 6.78. The molecule has 0 aromatic heterocycles. The van der Waals surface area contributed by atoms with E-state index >= 15 is 0 Å². The highest BCUT2D eigenvalue weighted by Gasteiger charge is 2.30. The van der Waals surface area contributed by atoms with Crippen molar-refractivity contribution in [3.05, 3.63) is 34.3 Å². The third-order valence-electron chi connectivity index (χ3n) is 6.62. The topological polar surface area (TPSA) is 49.9 Å². The second-order valence-corrected chi connectivity index (χ2v) is 10.5. The lowest BCUT2D eigenvalue weighted by Crippen LogP contribution is -2.41. The lowest BCUT2D eigenvalue weighted by Gasteiger charge is -2.34. The molecule has 5 nitrogen and oxygen atoms in total. The first kappa shape index (κ1) is 25.3. The maximum Gasteiger partial charge on any atom is 0.239 e. The zero-order valence-electron chi connectivity index (χ0n) is 19.7. The molecule has 0 aliphatic carbocycles. The fourth-order valence-corrected chi connectivity index (χ4v) is 6.21. The number of nitrogens with zero attached hydrogens (tertiary/aromatic N) is 2. The minimum Gasteiger partial charge on any atom is -0.381 e. The Balaban J connectivity index is 2.01. The maximum atomic E-state index is 13.0. The average Bonchev–Trinajstić information content (AvgIpc) is 2.76. The number of hydrogen-bond acceptors (Lipinski definition) is 4. The number of rotatable bonds is 9. The summed E-state index contributed by atoms with van der Waals surface area (Å²) in [6, 6.07) is 0.706. The van der Waals surface area contributed by atoms with Crippen molar-refractivity contribution in [1.29, 1.82) is 0 Å². The van der Waals surface area contributed by atoms with Crippen LogP contribution in [-0.2, 0) is 14.8 Å². The van der Waals surface area contributed by atoms with E-state index in [1.54, 1.807) is 11.4 Å². The van der Waals surface area contributed by atoms with Crippen LogP contribution < -0.4 is 0 Å². The summed E-state index contributed by atoms with van der Waals surface area (Å²) in [6.45, 7) is 11.9. The minimum absolute atomic E-state index is 0.177. The van der Waals surface area contributed by atoms with Gasteiger partial charge in [0.25, 0.3) is 0 Å². The Morgan fingerprint density at radius 1 is 1.07 bits per heavy atom. The Labute approximate surface area is 184 Å². The molecular formula is C24H42N2O3S. The van der Waals surface area contributed by atoms with Crippen LogP contribution in [0.2, 0.25) is 0 Å². The number of allylic oxidation sites excluding steroid dienone is 5. The Morgan fingerprint density at radius 2 is 1.67 bits per heavy atom. The summed E-state index contributed by atoms with van der Waals surface area (Å²) in [4.78, 5) is 3.12. The van der Waals surface area contributed by atoms with Crippen molar-refractivity contribution < 1.29 is 13.2 Å². The van der Waals surface area contributed by atoms with E-state index in [2.05, 4.69) is 31.7 Å². The predicted molar refractivity (Wildman–Crippen MR) is 126 cm³/mol. The van der Waals surface area contributed by atoms with Crippen LogP contribution in [0.4, 0.5) is 0 Å². The van der Waals surface area contributed by atoms with E-state index in [1.165, 1.54) is 18.4 Å². The standard InChI is InChI=1S/C24H42N2O3S/c1-6-22(7-2)25-15-11-21(12-16-25)19-20(4)9-10-24(8-3)30(27,28)26-17-13-23(29-5)14-18-26/h9-10,19,22-23H,6-8,11-18H2,1-5H3. The van der Waals surface area contributed by atoms with Crippen LogP contribution in [0.1, 0.15) is 72.6 Å².